The Morgan fingerprint density at radius 2 is 2.41 bits per heavy atom. The van der Waals surface area contributed by atoms with Crippen LogP contribution in [0.25, 0.3) is 0 Å². The van der Waals surface area contributed by atoms with Gasteiger partial charge in [0, 0.05) is 25.3 Å². The first-order valence-corrected chi connectivity index (χ1v) is 5.92. The summed E-state index contributed by atoms with van der Waals surface area (Å²) in [6.45, 7) is 4.56. The summed E-state index contributed by atoms with van der Waals surface area (Å²) in [6.07, 6.45) is 0.181. The van der Waals surface area contributed by atoms with Gasteiger partial charge in [-0.05, 0) is 24.6 Å². The first-order chi connectivity index (χ1) is 8.16. The largest absolute Gasteiger partial charge is 0.481 e. The summed E-state index contributed by atoms with van der Waals surface area (Å²) in [6, 6.07) is 8.28. The molecule has 0 unspecified atom stereocenters. The second kappa shape index (κ2) is 5.19. The van der Waals surface area contributed by atoms with E-state index in [1.165, 1.54) is 5.56 Å². The van der Waals surface area contributed by atoms with Crippen LogP contribution in [0, 0.1) is 6.92 Å². The van der Waals surface area contributed by atoms with Gasteiger partial charge in [-0.1, -0.05) is 12.1 Å². The van der Waals surface area contributed by atoms with Gasteiger partial charge in [0.1, 0.15) is 0 Å². The molecule has 0 spiro atoms. The second-order valence-corrected chi connectivity index (χ2v) is 4.49. The number of nitrogens with zero attached hydrogens (tertiary/aromatic N) is 1. The van der Waals surface area contributed by atoms with E-state index in [0.717, 1.165) is 25.3 Å². The van der Waals surface area contributed by atoms with Crippen LogP contribution in [0.15, 0.2) is 24.3 Å². The number of aliphatic carboxylic acids is 1. The van der Waals surface area contributed by atoms with Crippen LogP contribution in [-0.4, -0.2) is 36.8 Å². The van der Waals surface area contributed by atoms with Crippen LogP contribution in [0.2, 0.25) is 0 Å². The number of benzene rings is 1. The van der Waals surface area contributed by atoms with Crippen molar-refractivity contribution in [3.63, 3.8) is 0 Å². The van der Waals surface area contributed by atoms with Crippen molar-refractivity contribution in [3.8, 4) is 0 Å². The molecule has 0 radical (unpaired) electrons. The maximum absolute atomic E-state index is 10.9. The first-order valence-electron chi connectivity index (χ1n) is 5.92. The molecule has 1 aromatic carbocycles. The lowest BCUT2D eigenvalue weighted by atomic mass is 10.1. The number of carboxylic acid groups (broad SMARTS) is 1. The molecule has 0 amide bonds. The van der Waals surface area contributed by atoms with E-state index in [4.69, 9.17) is 5.11 Å². The van der Waals surface area contributed by atoms with E-state index in [-0.39, 0.29) is 12.5 Å². The summed E-state index contributed by atoms with van der Waals surface area (Å²) in [4.78, 5) is 13.0. The van der Waals surface area contributed by atoms with Crippen LogP contribution in [-0.2, 0) is 4.79 Å². The van der Waals surface area contributed by atoms with Crippen molar-refractivity contribution in [1.29, 1.82) is 0 Å². The molecule has 92 valence electrons. The third kappa shape index (κ3) is 2.97. The predicted octanol–water partition coefficient (Wildman–Crippen LogP) is 1.25. The summed E-state index contributed by atoms with van der Waals surface area (Å²) >= 11 is 0. The van der Waals surface area contributed by atoms with Gasteiger partial charge in [0.2, 0.25) is 0 Å². The van der Waals surface area contributed by atoms with Crippen molar-refractivity contribution < 1.29 is 9.90 Å². The smallest absolute Gasteiger partial charge is 0.305 e. The molecule has 17 heavy (non-hydrogen) atoms. The Balaban J connectivity index is 2.18. The Bertz CT molecular complexity index is 406. The van der Waals surface area contributed by atoms with Gasteiger partial charge in [0.05, 0.1) is 12.5 Å². The SMILES string of the molecule is Cc1cccc(N2CCNC[C@@H]2CC(=O)O)c1. The molecular formula is C13H18N2O2. The molecule has 2 rings (SSSR count). The van der Waals surface area contributed by atoms with E-state index in [1.807, 2.05) is 12.1 Å². The number of aryl methyl sites for hydroxylation is 1. The van der Waals surface area contributed by atoms with Crippen LogP contribution in [0.4, 0.5) is 5.69 Å². The van der Waals surface area contributed by atoms with E-state index in [1.54, 1.807) is 0 Å². The molecule has 1 aromatic rings. The van der Waals surface area contributed by atoms with Gasteiger partial charge in [0.25, 0.3) is 0 Å². The fourth-order valence-electron chi connectivity index (χ4n) is 2.29. The number of rotatable bonds is 3. The zero-order valence-corrected chi connectivity index (χ0v) is 10.0. The number of carboxylic acids is 1. The van der Waals surface area contributed by atoms with Gasteiger partial charge in [-0.25, -0.2) is 0 Å². The molecule has 0 saturated carbocycles. The fourth-order valence-corrected chi connectivity index (χ4v) is 2.29. The molecule has 1 saturated heterocycles. The Kier molecular flexibility index (Phi) is 3.64. The number of nitrogens with one attached hydrogen (secondary N) is 1. The maximum atomic E-state index is 10.9. The van der Waals surface area contributed by atoms with E-state index < -0.39 is 5.97 Å². The lowest BCUT2D eigenvalue weighted by Crippen LogP contribution is -2.52. The molecule has 1 aliphatic heterocycles. The molecule has 0 aromatic heterocycles. The Morgan fingerprint density at radius 3 is 3.12 bits per heavy atom. The van der Waals surface area contributed by atoms with E-state index in [0.29, 0.717) is 0 Å². The van der Waals surface area contributed by atoms with E-state index in [9.17, 15) is 4.79 Å². The van der Waals surface area contributed by atoms with Crippen molar-refractivity contribution in [2.45, 2.75) is 19.4 Å². The second-order valence-electron chi connectivity index (χ2n) is 4.49. The molecule has 4 nitrogen and oxygen atoms in total. The number of hydrogen-bond acceptors (Lipinski definition) is 3. The Labute approximate surface area is 101 Å². The highest BCUT2D eigenvalue weighted by atomic mass is 16.4. The fraction of sp³-hybridized carbons (Fsp3) is 0.462. The van der Waals surface area contributed by atoms with Gasteiger partial charge in [-0.3, -0.25) is 4.79 Å². The van der Waals surface area contributed by atoms with Crippen molar-refractivity contribution in [2.24, 2.45) is 0 Å². The van der Waals surface area contributed by atoms with Crippen molar-refractivity contribution in [2.75, 3.05) is 24.5 Å². The highest BCUT2D eigenvalue weighted by molar-refractivity contribution is 5.68. The summed E-state index contributed by atoms with van der Waals surface area (Å²) in [5, 5.41) is 12.2. The van der Waals surface area contributed by atoms with Crippen LogP contribution < -0.4 is 10.2 Å². The van der Waals surface area contributed by atoms with E-state index >= 15 is 0 Å². The van der Waals surface area contributed by atoms with Crippen LogP contribution in [0.1, 0.15) is 12.0 Å². The summed E-state index contributed by atoms with van der Waals surface area (Å²) in [5.41, 5.74) is 2.33. The average Bonchev–Trinajstić information content (AvgIpc) is 2.29. The number of anilines is 1. The van der Waals surface area contributed by atoms with Crippen molar-refractivity contribution >= 4 is 11.7 Å². The normalized spacial score (nSPS) is 20.3. The zero-order valence-electron chi connectivity index (χ0n) is 10.0. The lowest BCUT2D eigenvalue weighted by Gasteiger charge is -2.37. The lowest BCUT2D eigenvalue weighted by molar-refractivity contribution is -0.137. The monoisotopic (exact) mass is 234 g/mol. The van der Waals surface area contributed by atoms with Crippen LogP contribution in [0.3, 0.4) is 0 Å². The van der Waals surface area contributed by atoms with Gasteiger partial charge in [-0.15, -0.1) is 0 Å². The van der Waals surface area contributed by atoms with Crippen LogP contribution >= 0.6 is 0 Å². The molecule has 0 bridgehead atoms. The molecule has 0 aliphatic carbocycles. The first kappa shape index (κ1) is 11.9. The van der Waals surface area contributed by atoms with Crippen LogP contribution in [0.5, 0.6) is 0 Å². The third-order valence-corrected chi connectivity index (χ3v) is 3.09. The van der Waals surface area contributed by atoms with Crippen molar-refractivity contribution in [1.82, 2.24) is 5.32 Å². The highest BCUT2D eigenvalue weighted by Gasteiger charge is 2.24. The average molecular weight is 234 g/mol. The molecule has 1 aliphatic rings. The molecule has 4 heteroatoms. The van der Waals surface area contributed by atoms with Gasteiger partial charge < -0.3 is 15.3 Å². The molecular weight excluding hydrogens is 216 g/mol. The third-order valence-electron chi connectivity index (χ3n) is 3.09. The van der Waals surface area contributed by atoms with Gasteiger partial charge >= 0.3 is 5.97 Å². The molecule has 2 N–H and O–H groups in total. The van der Waals surface area contributed by atoms with E-state index in [2.05, 4.69) is 29.3 Å². The quantitative estimate of drug-likeness (QED) is 0.826. The number of piperazine rings is 1. The highest BCUT2D eigenvalue weighted by Crippen LogP contribution is 2.21. The summed E-state index contributed by atoms with van der Waals surface area (Å²) in [5.74, 6) is -0.739. The summed E-state index contributed by atoms with van der Waals surface area (Å²) < 4.78 is 0. The predicted molar refractivity (Wildman–Crippen MR) is 67.4 cm³/mol. The van der Waals surface area contributed by atoms with Gasteiger partial charge in [-0.2, -0.15) is 0 Å². The maximum Gasteiger partial charge on any atom is 0.305 e. The topological polar surface area (TPSA) is 52.6 Å². The minimum atomic E-state index is -0.739. The summed E-state index contributed by atoms with van der Waals surface area (Å²) in [7, 11) is 0. The number of carbonyl (C=O) groups is 1. The Morgan fingerprint density at radius 1 is 1.59 bits per heavy atom. The number of hydrogen-bond donors (Lipinski definition) is 2. The minimum absolute atomic E-state index is 0.0445. The molecule has 1 heterocycles. The van der Waals surface area contributed by atoms with Crippen molar-refractivity contribution in [3.05, 3.63) is 29.8 Å². The molecule has 1 atom stereocenters. The van der Waals surface area contributed by atoms with Gasteiger partial charge in [0.15, 0.2) is 0 Å². The standard InChI is InChI=1S/C13H18N2O2/c1-10-3-2-4-11(7-10)15-6-5-14-9-12(15)8-13(16)17/h2-4,7,12,14H,5-6,8-9H2,1H3,(H,16,17)/t12-/m0/s1. The zero-order chi connectivity index (χ0) is 12.3. The minimum Gasteiger partial charge on any atom is -0.481 e. The Hall–Kier alpha value is -1.55. The molecule has 1 fully saturated rings.